The first-order chi connectivity index (χ1) is 5.19. The van der Waals surface area contributed by atoms with Crippen molar-refractivity contribution in [2.24, 2.45) is 16.6 Å². The average molecular weight is 171 g/mol. The Morgan fingerprint density at radius 2 is 1.50 bits per heavy atom. The van der Waals surface area contributed by atoms with E-state index in [1.54, 1.807) is 0 Å². The van der Waals surface area contributed by atoms with Crippen LogP contribution in [0.1, 0.15) is 54.4 Å². The third-order valence-electron chi connectivity index (χ3n) is 2.84. The van der Waals surface area contributed by atoms with Gasteiger partial charge < -0.3 is 5.73 Å². The van der Waals surface area contributed by atoms with Gasteiger partial charge in [-0.05, 0) is 17.3 Å². The maximum absolute atomic E-state index is 6.11. The second kappa shape index (κ2) is 3.78. The van der Waals surface area contributed by atoms with Crippen LogP contribution < -0.4 is 5.73 Å². The van der Waals surface area contributed by atoms with Crippen molar-refractivity contribution in [3.05, 3.63) is 0 Å². The van der Waals surface area contributed by atoms with E-state index in [0.29, 0.717) is 11.5 Å². The molecule has 0 spiro atoms. The molecule has 1 nitrogen and oxygen atoms in total. The van der Waals surface area contributed by atoms with Crippen LogP contribution in [0.3, 0.4) is 0 Å². The summed E-state index contributed by atoms with van der Waals surface area (Å²) in [5.74, 6) is 0. The lowest BCUT2D eigenvalue weighted by Gasteiger charge is -2.34. The zero-order valence-electron chi connectivity index (χ0n) is 9.57. The van der Waals surface area contributed by atoms with Gasteiger partial charge in [0.05, 0.1) is 0 Å². The van der Waals surface area contributed by atoms with Gasteiger partial charge in [-0.3, -0.25) is 0 Å². The first-order valence-corrected chi connectivity index (χ1v) is 4.94. The predicted octanol–water partition coefficient (Wildman–Crippen LogP) is 3.19. The van der Waals surface area contributed by atoms with Crippen LogP contribution in [0.5, 0.6) is 0 Å². The summed E-state index contributed by atoms with van der Waals surface area (Å²) in [6.45, 7) is 13.4. The van der Waals surface area contributed by atoms with Gasteiger partial charge in [0.25, 0.3) is 0 Å². The Kier molecular flexibility index (Phi) is 3.77. The molecule has 12 heavy (non-hydrogen) atoms. The number of hydrogen-bond acceptors (Lipinski definition) is 1. The highest BCUT2D eigenvalue weighted by Crippen LogP contribution is 2.31. The van der Waals surface area contributed by atoms with Gasteiger partial charge in [-0.25, -0.2) is 0 Å². The summed E-state index contributed by atoms with van der Waals surface area (Å²) in [7, 11) is 0. The quantitative estimate of drug-likeness (QED) is 0.693. The molecule has 74 valence electrons. The van der Waals surface area contributed by atoms with Crippen molar-refractivity contribution in [3.63, 3.8) is 0 Å². The van der Waals surface area contributed by atoms with Crippen LogP contribution in [-0.4, -0.2) is 6.04 Å². The summed E-state index contributed by atoms with van der Waals surface area (Å²) in [6, 6.07) is 0.312. The van der Waals surface area contributed by atoms with E-state index in [1.165, 1.54) is 6.42 Å². The number of nitrogens with two attached hydrogens (primary N) is 1. The van der Waals surface area contributed by atoms with E-state index in [-0.39, 0.29) is 5.41 Å². The zero-order chi connectivity index (χ0) is 9.99. The first kappa shape index (κ1) is 12.0. The molecule has 0 aromatic rings. The Hall–Kier alpha value is -0.0400. The highest BCUT2D eigenvalue weighted by atomic mass is 14.7. The molecule has 0 fully saturated rings. The van der Waals surface area contributed by atoms with E-state index in [0.717, 1.165) is 6.42 Å². The van der Waals surface area contributed by atoms with Gasteiger partial charge >= 0.3 is 0 Å². The van der Waals surface area contributed by atoms with Crippen LogP contribution >= 0.6 is 0 Å². The van der Waals surface area contributed by atoms with Crippen molar-refractivity contribution in [2.45, 2.75) is 60.4 Å². The third-order valence-corrected chi connectivity index (χ3v) is 2.84. The highest BCUT2D eigenvalue weighted by Gasteiger charge is 2.27. The Morgan fingerprint density at radius 3 is 1.75 bits per heavy atom. The van der Waals surface area contributed by atoms with Crippen molar-refractivity contribution in [1.29, 1.82) is 0 Å². The van der Waals surface area contributed by atoms with E-state index in [1.807, 2.05) is 0 Å². The molecular weight excluding hydrogens is 146 g/mol. The fraction of sp³-hybridized carbons (Fsp3) is 1.00. The van der Waals surface area contributed by atoms with Crippen LogP contribution in [0.4, 0.5) is 0 Å². The van der Waals surface area contributed by atoms with Gasteiger partial charge in [0.2, 0.25) is 0 Å². The summed E-state index contributed by atoms with van der Waals surface area (Å²) in [5, 5.41) is 0. The van der Waals surface area contributed by atoms with Crippen molar-refractivity contribution in [1.82, 2.24) is 0 Å². The van der Waals surface area contributed by atoms with Crippen molar-refractivity contribution in [2.75, 3.05) is 0 Å². The molecule has 0 aromatic heterocycles. The lowest BCUT2D eigenvalue weighted by atomic mass is 9.75. The Bertz CT molecular complexity index is 130. The minimum atomic E-state index is 0.242. The minimum Gasteiger partial charge on any atom is -0.327 e. The van der Waals surface area contributed by atoms with Gasteiger partial charge in [-0.2, -0.15) is 0 Å². The Labute approximate surface area is 77.7 Å². The molecular formula is C11H25N. The maximum Gasteiger partial charge on any atom is 0.00927 e. The predicted molar refractivity (Wildman–Crippen MR) is 56.1 cm³/mol. The van der Waals surface area contributed by atoms with E-state index in [2.05, 4.69) is 41.5 Å². The third kappa shape index (κ3) is 4.10. The normalized spacial score (nSPS) is 16.2. The molecule has 1 atom stereocenters. The molecule has 0 rings (SSSR count). The van der Waals surface area contributed by atoms with Crippen LogP contribution in [0, 0.1) is 10.8 Å². The van der Waals surface area contributed by atoms with Crippen LogP contribution in [0.2, 0.25) is 0 Å². The van der Waals surface area contributed by atoms with Crippen molar-refractivity contribution >= 4 is 0 Å². The molecule has 0 saturated heterocycles. The van der Waals surface area contributed by atoms with Gasteiger partial charge in [0.1, 0.15) is 0 Å². The SMILES string of the molecule is CCC(C)(C)CC(N)C(C)(C)C. The smallest absolute Gasteiger partial charge is 0.00927 e. The molecule has 0 heterocycles. The Balaban J connectivity index is 4.09. The molecule has 1 unspecified atom stereocenters. The lowest BCUT2D eigenvalue weighted by molar-refractivity contribution is 0.211. The molecule has 0 radical (unpaired) electrons. The molecule has 0 bridgehead atoms. The molecule has 0 amide bonds. The van der Waals surface area contributed by atoms with Crippen molar-refractivity contribution in [3.8, 4) is 0 Å². The topological polar surface area (TPSA) is 26.0 Å². The molecule has 0 aliphatic rings. The summed E-state index contributed by atoms with van der Waals surface area (Å²) in [5.41, 5.74) is 6.75. The van der Waals surface area contributed by atoms with E-state index in [9.17, 15) is 0 Å². The molecule has 2 N–H and O–H groups in total. The number of hydrogen-bond donors (Lipinski definition) is 1. The lowest BCUT2D eigenvalue weighted by Crippen LogP contribution is -2.38. The standard InChI is InChI=1S/C11H25N/c1-7-11(5,6)8-9(12)10(2,3)4/h9H,7-8,12H2,1-6H3. The summed E-state index contributed by atoms with van der Waals surface area (Å²) >= 11 is 0. The minimum absolute atomic E-state index is 0.242. The first-order valence-electron chi connectivity index (χ1n) is 4.94. The van der Waals surface area contributed by atoms with E-state index < -0.39 is 0 Å². The monoisotopic (exact) mass is 171 g/mol. The fourth-order valence-corrected chi connectivity index (χ4v) is 1.05. The summed E-state index contributed by atoms with van der Waals surface area (Å²) < 4.78 is 0. The Morgan fingerprint density at radius 1 is 1.08 bits per heavy atom. The molecule has 0 aromatic carbocycles. The van der Waals surface area contributed by atoms with E-state index in [4.69, 9.17) is 5.73 Å². The maximum atomic E-state index is 6.11. The van der Waals surface area contributed by atoms with Gasteiger partial charge in [-0.15, -0.1) is 0 Å². The second-order valence-corrected chi connectivity index (χ2v) is 5.69. The second-order valence-electron chi connectivity index (χ2n) is 5.69. The zero-order valence-corrected chi connectivity index (χ0v) is 9.57. The van der Waals surface area contributed by atoms with Gasteiger partial charge in [-0.1, -0.05) is 48.0 Å². The summed E-state index contributed by atoms with van der Waals surface area (Å²) in [4.78, 5) is 0. The van der Waals surface area contributed by atoms with E-state index >= 15 is 0 Å². The van der Waals surface area contributed by atoms with Crippen LogP contribution in [-0.2, 0) is 0 Å². The largest absolute Gasteiger partial charge is 0.327 e. The molecule has 0 aliphatic carbocycles. The number of rotatable bonds is 3. The average Bonchev–Trinajstić information content (AvgIpc) is 1.85. The van der Waals surface area contributed by atoms with Crippen LogP contribution in [0.25, 0.3) is 0 Å². The van der Waals surface area contributed by atoms with Gasteiger partial charge in [0.15, 0.2) is 0 Å². The van der Waals surface area contributed by atoms with Crippen LogP contribution in [0.15, 0.2) is 0 Å². The molecule has 0 aliphatic heterocycles. The van der Waals surface area contributed by atoms with Gasteiger partial charge in [0, 0.05) is 6.04 Å². The fourth-order valence-electron chi connectivity index (χ4n) is 1.05. The molecule has 1 heteroatoms. The molecule has 0 saturated carbocycles. The summed E-state index contributed by atoms with van der Waals surface area (Å²) in [6.07, 6.45) is 2.32. The highest BCUT2D eigenvalue weighted by molar-refractivity contribution is 4.82. The van der Waals surface area contributed by atoms with Crippen molar-refractivity contribution < 1.29 is 0 Å².